The first-order valence-corrected chi connectivity index (χ1v) is 3.50. The van der Waals surface area contributed by atoms with Crippen molar-refractivity contribution >= 4 is 21.9 Å². The third-order valence-electron chi connectivity index (χ3n) is 1.12. The molecule has 11 heavy (non-hydrogen) atoms. The van der Waals surface area contributed by atoms with Gasteiger partial charge in [-0.05, 0) is 15.9 Å². The van der Waals surface area contributed by atoms with Gasteiger partial charge in [-0.2, -0.15) is 0 Å². The fourth-order valence-corrected chi connectivity index (χ4v) is 1.06. The molecule has 1 heterocycles. The highest BCUT2D eigenvalue weighted by molar-refractivity contribution is 9.10. The van der Waals surface area contributed by atoms with Crippen LogP contribution in [-0.4, -0.2) is 23.3 Å². The predicted octanol–water partition coefficient (Wildman–Crippen LogP) is 0.252. The summed E-state index contributed by atoms with van der Waals surface area (Å²) in [5.41, 5.74) is -0.545. The molecule has 0 aliphatic rings. The van der Waals surface area contributed by atoms with Crippen molar-refractivity contribution in [2.24, 2.45) is 0 Å². The van der Waals surface area contributed by atoms with E-state index in [0.717, 1.165) is 0 Å². The smallest absolute Gasteiger partial charge is 0.346 e. The van der Waals surface area contributed by atoms with E-state index in [2.05, 4.69) is 30.9 Å². The topological polar surface area (TPSA) is 75.0 Å². The molecule has 5 nitrogen and oxygen atoms in total. The van der Waals surface area contributed by atoms with Crippen molar-refractivity contribution in [2.45, 2.75) is 0 Å². The van der Waals surface area contributed by atoms with E-state index < -0.39 is 11.5 Å². The van der Waals surface area contributed by atoms with Gasteiger partial charge in [0.25, 0.3) is 5.56 Å². The second-order valence-electron chi connectivity index (χ2n) is 1.76. The molecule has 1 aromatic rings. The number of ether oxygens (including phenoxy) is 1. The lowest BCUT2D eigenvalue weighted by molar-refractivity contribution is 0.0598. The zero-order valence-electron chi connectivity index (χ0n) is 5.60. The molecule has 0 atom stereocenters. The number of rotatable bonds is 1. The molecule has 0 spiro atoms. The van der Waals surface area contributed by atoms with E-state index in [-0.39, 0.29) is 5.56 Å². The molecule has 0 saturated carbocycles. The highest BCUT2D eigenvalue weighted by Crippen LogP contribution is 2.08. The van der Waals surface area contributed by atoms with Crippen LogP contribution in [0, 0.1) is 0 Å². The van der Waals surface area contributed by atoms with Crippen molar-refractivity contribution in [3.8, 4) is 0 Å². The van der Waals surface area contributed by atoms with E-state index in [9.17, 15) is 9.59 Å². The Kier molecular flexibility index (Phi) is 2.13. The van der Waals surface area contributed by atoms with Crippen molar-refractivity contribution in [1.29, 1.82) is 0 Å². The Morgan fingerprint density at radius 1 is 1.55 bits per heavy atom. The van der Waals surface area contributed by atoms with E-state index in [0.29, 0.717) is 4.60 Å². The standard InChI is InChI=1S/C5H5BrN2O3/c1-11-5(10)2-3(6)7-8-4(2)9/h1H3,(H2,7,8,9). The number of nitrogens with one attached hydrogen (secondary N) is 2. The number of methoxy groups -OCH3 is 1. The van der Waals surface area contributed by atoms with Gasteiger partial charge in [-0.15, -0.1) is 0 Å². The van der Waals surface area contributed by atoms with Gasteiger partial charge in [0.1, 0.15) is 4.60 Å². The van der Waals surface area contributed by atoms with Crippen LogP contribution in [0.1, 0.15) is 10.4 Å². The number of hydrogen-bond donors (Lipinski definition) is 2. The molecule has 0 aliphatic carbocycles. The van der Waals surface area contributed by atoms with Gasteiger partial charge in [0.05, 0.1) is 7.11 Å². The predicted molar refractivity (Wildman–Crippen MR) is 40.5 cm³/mol. The molecule has 0 aromatic carbocycles. The maximum absolute atomic E-state index is 10.8. The van der Waals surface area contributed by atoms with E-state index in [1.165, 1.54) is 7.11 Å². The Morgan fingerprint density at radius 3 is 2.55 bits per heavy atom. The maximum Gasteiger partial charge on any atom is 0.346 e. The second kappa shape index (κ2) is 2.91. The number of aromatic amines is 2. The van der Waals surface area contributed by atoms with E-state index in [1.807, 2.05) is 0 Å². The van der Waals surface area contributed by atoms with E-state index in [4.69, 9.17) is 0 Å². The van der Waals surface area contributed by atoms with E-state index >= 15 is 0 Å². The third kappa shape index (κ3) is 1.35. The molecule has 0 radical (unpaired) electrons. The molecule has 0 fully saturated rings. The summed E-state index contributed by atoms with van der Waals surface area (Å²) in [4.78, 5) is 21.6. The Hall–Kier alpha value is -1.04. The minimum Gasteiger partial charge on any atom is -0.465 e. The second-order valence-corrected chi connectivity index (χ2v) is 2.55. The number of aromatic nitrogens is 2. The molecule has 2 N–H and O–H groups in total. The maximum atomic E-state index is 10.8. The van der Waals surface area contributed by atoms with Crippen molar-refractivity contribution in [3.63, 3.8) is 0 Å². The molecule has 0 unspecified atom stereocenters. The van der Waals surface area contributed by atoms with Crippen molar-refractivity contribution in [2.75, 3.05) is 7.11 Å². The molecule has 1 rings (SSSR count). The Morgan fingerprint density at radius 2 is 2.18 bits per heavy atom. The summed E-state index contributed by atoms with van der Waals surface area (Å²) in [5, 5.41) is 4.65. The fraction of sp³-hybridized carbons (Fsp3) is 0.200. The summed E-state index contributed by atoms with van der Waals surface area (Å²) in [6.45, 7) is 0. The average molecular weight is 221 g/mol. The number of carbonyl (C=O) groups is 1. The average Bonchev–Trinajstić information content (AvgIpc) is 2.30. The third-order valence-corrected chi connectivity index (χ3v) is 1.72. The lowest BCUT2D eigenvalue weighted by atomic mass is 10.4. The molecular formula is C5H5BrN2O3. The summed E-state index contributed by atoms with van der Waals surface area (Å²) < 4.78 is 4.65. The zero-order chi connectivity index (χ0) is 8.43. The van der Waals surface area contributed by atoms with Crippen molar-refractivity contribution < 1.29 is 9.53 Å². The minimum atomic E-state index is -0.667. The Balaban J connectivity index is 3.21. The summed E-state index contributed by atoms with van der Waals surface area (Å²) in [6.07, 6.45) is 0. The SMILES string of the molecule is COC(=O)c1c(Br)[nH][nH]c1=O. The van der Waals surface area contributed by atoms with Gasteiger partial charge in [0, 0.05) is 0 Å². The van der Waals surface area contributed by atoms with Crippen molar-refractivity contribution in [1.82, 2.24) is 10.2 Å². The highest BCUT2D eigenvalue weighted by atomic mass is 79.9. The Labute approximate surface area is 69.9 Å². The van der Waals surface area contributed by atoms with Crippen LogP contribution in [0.4, 0.5) is 0 Å². The monoisotopic (exact) mass is 220 g/mol. The number of H-pyrrole nitrogens is 2. The molecule has 6 heteroatoms. The molecule has 60 valence electrons. The van der Waals surface area contributed by atoms with Crippen LogP contribution in [0.2, 0.25) is 0 Å². The van der Waals surface area contributed by atoms with Crippen LogP contribution in [0.25, 0.3) is 0 Å². The van der Waals surface area contributed by atoms with Gasteiger partial charge < -0.3 is 4.74 Å². The van der Waals surface area contributed by atoms with Crippen LogP contribution in [0.15, 0.2) is 9.40 Å². The first-order valence-electron chi connectivity index (χ1n) is 2.71. The van der Waals surface area contributed by atoms with Crippen LogP contribution >= 0.6 is 15.9 Å². The summed E-state index contributed by atoms with van der Waals surface area (Å²) in [6, 6.07) is 0. The van der Waals surface area contributed by atoms with E-state index in [1.54, 1.807) is 0 Å². The van der Waals surface area contributed by atoms with Crippen LogP contribution in [0.3, 0.4) is 0 Å². The lowest BCUT2D eigenvalue weighted by Gasteiger charge is -1.91. The number of esters is 1. The number of carbonyl (C=O) groups excluding carboxylic acids is 1. The van der Waals surface area contributed by atoms with Crippen LogP contribution in [0.5, 0.6) is 0 Å². The molecule has 1 aromatic heterocycles. The zero-order valence-corrected chi connectivity index (χ0v) is 7.19. The molecular weight excluding hydrogens is 216 g/mol. The summed E-state index contributed by atoms with van der Waals surface area (Å²) >= 11 is 2.97. The van der Waals surface area contributed by atoms with Gasteiger partial charge >= 0.3 is 5.97 Å². The van der Waals surface area contributed by atoms with Gasteiger partial charge in [0.2, 0.25) is 0 Å². The quantitative estimate of drug-likeness (QED) is 0.667. The normalized spacial score (nSPS) is 9.64. The first kappa shape index (κ1) is 8.06. The minimum absolute atomic E-state index is 0.0486. The highest BCUT2D eigenvalue weighted by Gasteiger charge is 2.16. The largest absolute Gasteiger partial charge is 0.465 e. The molecule has 0 saturated heterocycles. The first-order chi connectivity index (χ1) is 5.16. The summed E-state index contributed by atoms with van der Waals surface area (Å²) in [7, 11) is 1.21. The molecule has 0 bridgehead atoms. The van der Waals surface area contributed by atoms with Crippen LogP contribution < -0.4 is 5.56 Å². The van der Waals surface area contributed by atoms with Crippen molar-refractivity contribution in [3.05, 3.63) is 20.5 Å². The van der Waals surface area contributed by atoms with Gasteiger partial charge in [-0.25, -0.2) is 4.79 Å². The molecule has 0 aliphatic heterocycles. The molecule has 0 amide bonds. The number of halogens is 1. The van der Waals surface area contributed by atoms with Gasteiger partial charge in [-0.3, -0.25) is 15.0 Å². The summed E-state index contributed by atoms with van der Waals surface area (Å²) in [5.74, 6) is -0.667. The van der Waals surface area contributed by atoms with Gasteiger partial charge in [0.15, 0.2) is 5.56 Å². The number of hydrogen-bond acceptors (Lipinski definition) is 3. The van der Waals surface area contributed by atoms with Crippen LogP contribution in [-0.2, 0) is 4.74 Å². The Bertz CT molecular complexity index is 327. The fourth-order valence-electron chi connectivity index (χ4n) is 0.621. The van der Waals surface area contributed by atoms with Gasteiger partial charge in [-0.1, -0.05) is 0 Å². The lowest BCUT2D eigenvalue weighted by Crippen LogP contribution is -2.13.